The summed E-state index contributed by atoms with van der Waals surface area (Å²) in [6.45, 7) is 3.85. The summed E-state index contributed by atoms with van der Waals surface area (Å²) in [7, 11) is 0. The van der Waals surface area contributed by atoms with Crippen LogP contribution in [-0.2, 0) is 0 Å². The van der Waals surface area contributed by atoms with Gasteiger partial charge in [-0.1, -0.05) is 0 Å². The monoisotopic (exact) mass is 298 g/mol. The number of carbonyl (C=O) groups excluding carboxylic acids is 1. The summed E-state index contributed by atoms with van der Waals surface area (Å²) >= 11 is 1.30. The van der Waals surface area contributed by atoms with Crippen LogP contribution < -0.4 is 11.1 Å². The van der Waals surface area contributed by atoms with Gasteiger partial charge >= 0.3 is 0 Å². The number of thiophene rings is 1. The van der Waals surface area contributed by atoms with E-state index in [-0.39, 0.29) is 5.91 Å². The fraction of sp³-hybridized carbons (Fsp3) is 0.133. The van der Waals surface area contributed by atoms with E-state index in [1.54, 1.807) is 12.4 Å². The second-order valence-corrected chi connectivity index (χ2v) is 5.79. The van der Waals surface area contributed by atoms with E-state index in [1.165, 1.54) is 11.3 Å². The van der Waals surface area contributed by atoms with E-state index in [1.807, 2.05) is 32.0 Å². The summed E-state index contributed by atoms with van der Waals surface area (Å²) < 4.78 is 0. The lowest BCUT2D eigenvalue weighted by Crippen LogP contribution is -2.12. The van der Waals surface area contributed by atoms with Gasteiger partial charge in [-0.05, 0) is 37.6 Å². The fourth-order valence-electron chi connectivity index (χ4n) is 2.10. The van der Waals surface area contributed by atoms with Crippen LogP contribution in [0.5, 0.6) is 0 Å². The first-order valence-electron chi connectivity index (χ1n) is 6.44. The SMILES string of the molecule is Cc1ccc(NC(=O)c2sc3nccc(C)c3c2N)cn1. The summed E-state index contributed by atoms with van der Waals surface area (Å²) in [6.07, 6.45) is 3.35. The van der Waals surface area contributed by atoms with E-state index in [0.29, 0.717) is 16.3 Å². The number of nitrogens with zero attached hydrogens (tertiary/aromatic N) is 2. The number of anilines is 2. The average molecular weight is 298 g/mol. The lowest BCUT2D eigenvalue weighted by molar-refractivity contribution is 0.103. The molecular formula is C15H14N4OS. The molecule has 0 spiro atoms. The van der Waals surface area contributed by atoms with Crippen LogP contribution in [0.2, 0.25) is 0 Å². The molecule has 0 aromatic carbocycles. The minimum Gasteiger partial charge on any atom is -0.397 e. The molecule has 0 bridgehead atoms. The molecule has 5 nitrogen and oxygen atoms in total. The van der Waals surface area contributed by atoms with Gasteiger partial charge in [0.15, 0.2) is 0 Å². The lowest BCUT2D eigenvalue weighted by Gasteiger charge is -2.04. The minimum atomic E-state index is -0.236. The standard InChI is InChI=1S/C15H14N4OS/c1-8-5-6-17-15-11(8)12(16)13(21-15)14(20)19-10-4-3-9(2)18-7-10/h3-7H,16H2,1-2H3,(H,19,20). The van der Waals surface area contributed by atoms with Crippen molar-refractivity contribution in [2.24, 2.45) is 0 Å². The zero-order chi connectivity index (χ0) is 15.0. The number of aromatic nitrogens is 2. The second-order valence-electron chi connectivity index (χ2n) is 4.80. The maximum Gasteiger partial charge on any atom is 0.267 e. The van der Waals surface area contributed by atoms with E-state index in [9.17, 15) is 4.79 Å². The van der Waals surface area contributed by atoms with Crippen LogP contribution in [0.15, 0.2) is 30.6 Å². The molecule has 0 fully saturated rings. The van der Waals surface area contributed by atoms with Crippen LogP contribution in [0.1, 0.15) is 20.9 Å². The molecule has 0 aliphatic heterocycles. The Labute approximate surface area is 125 Å². The molecule has 0 aliphatic rings. The van der Waals surface area contributed by atoms with Crippen molar-refractivity contribution < 1.29 is 4.79 Å². The molecule has 21 heavy (non-hydrogen) atoms. The van der Waals surface area contributed by atoms with Crippen molar-refractivity contribution in [2.75, 3.05) is 11.1 Å². The summed E-state index contributed by atoms with van der Waals surface area (Å²) in [6, 6.07) is 5.54. The second kappa shape index (κ2) is 5.14. The first-order chi connectivity index (χ1) is 10.1. The van der Waals surface area contributed by atoms with Gasteiger partial charge in [-0.2, -0.15) is 0 Å². The summed E-state index contributed by atoms with van der Waals surface area (Å²) in [5, 5.41) is 3.66. The quantitative estimate of drug-likeness (QED) is 0.761. The molecule has 3 heterocycles. The van der Waals surface area contributed by atoms with Crippen LogP contribution >= 0.6 is 11.3 Å². The highest BCUT2D eigenvalue weighted by Crippen LogP contribution is 2.34. The lowest BCUT2D eigenvalue weighted by atomic mass is 10.2. The number of aryl methyl sites for hydroxylation is 2. The molecule has 0 unspecified atom stereocenters. The van der Waals surface area contributed by atoms with E-state index >= 15 is 0 Å². The molecule has 3 N–H and O–H groups in total. The van der Waals surface area contributed by atoms with Crippen molar-refractivity contribution in [2.45, 2.75) is 13.8 Å². The van der Waals surface area contributed by atoms with E-state index in [4.69, 9.17) is 5.73 Å². The first-order valence-corrected chi connectivity index (χ1v) is 7.25. The normalized spacial score (nSPS) is 10.8. The molecule has 3 rings (SSSR count). The van der Waals surface area contributed by atoms with Crippen LogP contribution in [0.4, 0.5) is 11.4 Å². The number of hydrogen-bond acceptors (Lipinski definition) is 5. The maximum absolute atomic E-state index is 12.4. The number of fused-ring (bicyclic) bond motifs is 1. The van der Waals surface area contributed by atoms with Crippen molar-refractivity contribution in [3.8, 4) is 0 Å². The molecule has 106 valence electrons. The summed E-state index contributed by atoms with van der Waals surface area (Å²) in [5.41, 5.74) is 9.16. The number of pyridine rings is 2. The Morgan fingerprint density at radius 2 is 2.05 bits per heavy atom. The number of nitrogen functional groups attached to an aromatic ring is 1. The molecule has 0 aliphatic carbocycles. The van der Waals surface area contributed by atoms with Crippen LogP contribution in [0, 0.1) is 13.8 Å². The smallest absolute Gasteiger partial charge is 0.267 e. The number of amides is 1. The number of nitrogens with two attached hydrogens (primary N) is 1. The summed E-state index contributed by atoms with van der Waals surface area (Å²) in [5.74, 6) is -0.236. The molecule has 3 aromatic heterocycles. The van der Waals surface area contributed by atoms with Gasteiger partial charge < -0.3 is 11.1 Å². The zero-order valence-electron chi connectivity index (χ0n) is 11.7. The largest absolute Gasteiger partial charge is 0.397 e. The van der Waals surface area contributed by atoms with Crippen molar-refractivity contribution in [3.05, 3.63) is 46.7 Å². The van der Waals surface area contributed by atoms with E-state index < -0.39 is 0 Å². The van der Waals surface area contributed by atoms with Gasteiger partial charge in [0.1, 0.15) is 9.71 Å². The third-order valence-corrected chi connectivity index (χ3v) is 4.33. The molecule has 3 aromatic rings. The van der Waals surface area contributed by atoms with Gasteiger partial charge in [-0.3, -0.25) is 9.78 Å². The third kappa shape index (κ3) is 2.45. The van der Waals surface area contributed by atoms with Gasteiger partial charge in [-0.25, -0.2) is 4.98 Å². The van der Waals surface area contributed by atoms with Gasteiger partial charge in [0, 0.05) is 17.3 Å². The topological polar surface area (TPSA) is 80.9 Å². The Bertz CT molecular complexity index is 824. The predicted molar refractivity (Wildman–Crippen MR) is 85.7 cm³/mol. The minimum absolute atomic E-state index is 0.236. The molecule has 1 amide bonds. The highest BCUT2D eigenvalue weighted by atomic mass is 32.1. The zero-order valence-corrected chi connectivity index (χ0v) is 12.5. The molecule has 0 saturated heterocycles. The maximum atomic E-state index is 12.4. The molecule has 0 atom stereocenters. The van der Waals surface area contributed by atoms with E-state index in [2.05, 4.69) is 15.3 Å². The highest BCUT2D eigenvalue weighted by molar-refractivity contribution is 7.21. The Morgan fingerprint density at radius 3 is 2.71 bits per heavy atom. The van der Waals surface area contributed by atoms with Gasteiger partial charge in [0.2, 0.25) is 0 Å². The Morgan fingerprint density at radius 1 is 1.24 bits per heavy atom. The molecule has 6 heteroatoms. The van der Waals surface area contributed by atoms with Gasteiger partial charge in [0.05, 0.1) is 17.6 Å². The van der Waals surface area contributed by atoms with Crippen molar-refractivity contribution >= 4 is 38.8 Å². The van der Waals surface area contributed by atoms with Crippen molar-refractivity contribution in [3.63, 3.8) is 0 Å². The van der Waals surface area contributed by atoms with Crippen molar-refractivity contribution in [1.29, 1.82) is 0 Å². The molecular weight excluding hydrogens is 284 g/mol. The number of carbonyl (C=O) groups is 1. The fourth-order valence-corrected chi connectivity index (χ4v) is 3.14. The molecule has 0 radical (unpaired) electrons. The first kappa shape index (κ1) is 13.5. The summed E-state index contributed by atoms with van der Waals surface area (Å²) in [4.78, 5) is 22.0. The van der Waals surface area contributed by atoms with Crippen LogP contribution in [0.25, 0.3) is 10.2 Å². The van der Waals surface area contributed by atoms with Crippen LogP contribution in [0.3, 0.4) is 0 Å². The Kier molecular flexibility index (Phi) is 3.31. The van der Waals surface area contributed by atoms with Gasteiger partial charge in [0.25, 0.3) is 5.91 Å². The number of hydrogen-bond donors (Lipinski definition) is 2. The Hall–Kier alpha value is -2.47. The highest BCUT2D eigenvalue weighted by Gasteiger charge is 2.18. The Balaban J connectivity index is 1.96. The number of nitrogens with one attached hydrogen (secondary N) is 1. The van der Waals surface area contributed by atoms with Crippen LogP contribution in [-0.4, -0.2) is 15.9 Å². The van der Waals surface area contributed by atoms with Gasteiger partial charge in [-0.15, -0.1) is 11.3 Å². The van der Waals surface area contributed by atoms with Crippen molar-refractivity contribution in [1.82, 2.24) is 9.97 Å². The number of rotatable bonds is 2. The average Bonchev–Trinajstić information content (AvgIpc) is 2.80. The van der Waals surface area contributed by atoms with E-state index in [0.717, 1.165) is 21.5 Å². The molecule has 0 saturated carbocycles. The predicted octanol–water partition coefficient (Wildman–Crippen LogP) is 3.14. The third-order valence-electron chi connectivity index (χ3n) is 3.21.